The van der Waals surface area contributed by atoms with Crippen molar-refractivity contribution in [2.75, 3.05) is 6.54 Å². The zero-order valence-electron chi connectivity index (χ0n) is 14.0. The second-order valence-electron chi connectivity index (χ2n) is 6.06. The molecule has 0 aliphatic rings. The molecule has 0 unspecified atom stereocenters. The monoisotopic (exact) mass is 348 g/mol. The molecule has 6 heteroatoms. The van der Waals surface area contributed by atoms with Crippen LogP contribution < -0.4 is 10.6 Å². The largest absolute Gasteiger partial charge is 0.390 e. The molecule has 0 heterocycles. The van der Waals surface area contributed by atoms with E-state index in [1.807, 2.05) is 31.2 Å². The van der Waals surface area contributed by atoms with Gasteiger partial charge in [-0.25, -0.2) is 8.78 Å². The third-order valence-electron chi connectivity index (χ3n) is 3.89. The second-order valence-corrected chi connectivity index (χ2v) is 6.06. The summed E-state index contributed by atoms with van der Waals surface area (Å²) in [6.07, 6.45) is -0.300. The van der Waals surface area contributed by atoms with E-state index in [0.29, 0.717) is 18.5 Å². The number of halogens is 2. The van der Waals surface area contributed by atoms with Crippen LogP contribution >= 0.6 is 0 Å². The summed E-state index contributed by atoms with van der Waals surface area (Å²) in [6, 6.07) is 10.5. The molecule has 0 radical (unpaired) electrons. The molecular weight excluding hydrogens is 326 g/mol. The van der Waals surface area contributed by atoms with Gasteiger partial charge in [-0.15, -0.1) is 0 Å². The van der Waals surface area contributed by atoms with Crippen molar-refractivity contribution < 1.29 is 18.7 Å². The molecule has 2 aromatic rings. The first-order valence-corrected chi connectivity index (χ1v) is 8.07. The predicted octanol–water partition coefficient (Wildman–Crippen LogP) is 2.08. The normalized spacial score (nSPS) is 13.3. The molecule has 0 aliphatic heterocycles. The summed E-state index contributed by atoms with van der Waals surface area (Å²) in [6.45, 7) is 2.80. The lowest BCUT2D eigenvalue weighted by Crippen LogP contribution is -2.45. The van der Waals surface area contributed by atoms with Crippen LogP contribution in [0, 0.1) is 18.6 Å². The average molecular weight is 348 g/mol. The van der Waals surface area contributed by atoms with Crippen molar-refractivity contribution in [3.05, 3.63) is 70.8 Å². The Balaban J connectivity index is 1.92. The van der Waals surface area contributed by atoms with Crippen molar-refractivity contribution in [3.8, 4) is 0 Å². The highest BCUT2D eigenvalue weighted by Gasteiger charge is 2.19. The molecule has 0 saturated carbocycles. The number of hydrogen-bond acceptors (Lipinski definition) is 3. The quantitative estimate of drug-likeness (QED) is 0.608. The minimum absolute atomic E-state index is 0.126. The van der Waals surface area contributed by atoms with E-state index in [1.54, 1.807) is 0 Å². The van der Waals surface area contributed by atoms with Crippen LogP contribution in [0.1, 0.15) is 16.7 Å². The van der Waals surface area contributed by atoms with Gasteiger partial charge in [0.2, 0.25) is 6.41 Å². The van der Waals surface area contributed by atoms with Gasteiger partial charge in [-0.05, 0) is 36.6 Å². The first kappa shape index (κ1) is 19.0. The molecule has 0 saturated heterocycles. The van der Waals surface area contributed by atoms with E-state index < -0.39 is 23.8 Å². The van der Waals surface area contributed by atoms with Crippen LogP contribution in [-0.4, -0.2) is 30.2 Å². The van der Waals surface area contributed by atoms with E-state index in [0.717, 1.165) is 17.2 Å². The topological polar surface area (TPSA) is 61.4 Å². The van der Waals surface area contributed by atoms with Gasteiger partial charge in [0.1, 0.15) is 11.6 Å². The molecule has 0 spiro atoms. The zero-order chi connectivity index (χ0) is 18.2. The average Bonchev–Trinajstić information content (AvgIpc) is 2.53. The third-order valence-corrected chi connectivity index (χ3v) is 3.89. The van der Waals surface area contributed by atoms with Gasteiger partial charge in [-0.1, -0.05) is 29.8 Å². The Morgan fingerprint density at radius 1 is 1.12 bits per heavy atom. The number of hydrogen-bond donors (Lipinski definition) is 3. The summed E-state index contributed by atoms with van der Waals surface area (Å²) >= 11 is 0. The Morgan fingerprint density at radius 3 is 2.48 bits per heavy atom. The van der Waals surface area contributed by atoms with Crippen LogP contribution in [0.25, 0.3) is 0 Å². The maximum Gasteiger partial charge on any atom is 0.207 e. The van der Waals surface area contributed by atoms with E-state index in [2.05, 4.69) is 10.6 Å². The van der Waals surface area contributed by atoms with Gasteiger partial charge in [0, 0.05) is 19.2 Å². The van der Waals surface area contributed by atoms with E-state index in [4.69, 9.17) is 0 Å². The summed E-state index contributed by atoms with van der Waals surface area (Å²) in [5.74, 6) is -1.38. The fourth-order valence-corrected chi connectivity index (χ4v) is 2.70. The van der Waals surface area contributed by atoms with Gasteiger partial charge in [0.25, 0.3) is 0 Å². The van der Waals surface area contributed by atoms with Crippen molar-refractivity contribution in [3.63, 3.8) is 0 Å². The Kier molecular flexibility index (Phi) is 7.03. The van der Waals surface area contributed by atoms with E-state index >= 15 is 0 Å². The smallest absolute Gasteiger partial charge is 0.207 e. The SMILES string of the molecule is Cc1cccc(CNC[C@@H](O)[C@H](Cc2cc(F)cc(F)c2)NC=O)c1. The van der Waals surface area contributed by atoms with Crippen molar-refractivity contribution in [2.24, 2.45) is 0 Å². The highest BCUT2D eigenvalue weighted by atomic mass is 19.1. The molecule has 0 fully saturated rings. The number of nitrogens with one attached hydrogen (secondary N) is 2. The van der Waals surface area contributed by atoms with Crippen molar-refractivity contribution >= 4 is 6.41 Å². The second kappa shape index (κ2) is 9.25. The Bertz CT molecular complexity index is 689. The number of carbonyl (C=O) groups is 1. The van der Waals surface area contributed by atoms with Crippen LogP contribution in [-0.2, 0) is 17.8 Å². The molecule has 1 amide bonds. The van der Waals surface area contributed by atoms with Crippen LogP contribution in [0.3, 0.4) is 0 Å². The fourth-order valence-electron chi connectivity index (χ4n) is 2.70. The first-order valence-electron chi connectivity index (χ1n) is 8.07. The number of aliphatic hydroxyl groups excluding tert-OH is 1. The number of amides is 1. The molecule has 0 aromatic heterocycles. The Labute approximate surface area is 145 Å². The molecule has 25 heavy (non-hydrogen) atoms. The highest BCUT2D eigenvalue weighted by molar-refractivity contribution is 5.47. The lowest BCUT2D eigenvalue weighted by Gasteiger charge is -2.23. The lowest BCUT2D eigenvalue weighted by molar-refractivity contribution is -0.110. The maximum atomic E-state index is 13.3. The van der Waals surface area contributed by atoms with Gasteiger partial charge in [-0.3, -0.25) is 4.79 Å². The van der Waals surface area contributed by atoms with Crippen LogP contribution in [0.15, 0.2) is 42.5 Å². The standard InChI is InChI=1S/C19H22F2N2O2/c1-13-3-2-4-14(5-13)10-22-11-19(25)18(23-12-24)8-15-6-16(20)9-17(21)7-15/h2-7,9,12,18-19,22,25H,8,10-11H2,1H3,(H,23,24)/t18-,19+/m0/s1. The summed E-state index contributed by atoms with van der Waals surface area (Å²) in [5, 5.41) is 15.9. The molecule has 0 aliphatic carbocycles. The summed E-state index contributed by atoms with van der Waals surface area (Å²) in [7, 11) is 0. The van der Waals surface area contributed by atoms with Crippen molar-refractivity contribution in [1.82, 2.24) is 10.6 Å². The maximum absolute atomic E-state index is 13.3. The molecule has 4 nitrogen and oxygen atoms in total. The highest BCUT2D eigenvalue weighted by Crippen LogP contribution is 2.12. The zero-order valence-corrected chi connectivity index (χ0v) is 14.0. The molecule has 0 bridgehead atoms. The van der Waals surface area contributed by atoms with Gasteiger partial charge in [0.05, 0.1) is 12.1 Å². The minimum Gasteiger partial charge on any atom is -0.390 e. The van der Waals surface area contributed by atoms with Crippen molar-refractivity contribution in [1.29, 1.82) is 0 Å². The molecular formula is C19H22F2N2O2. The molecule has 2 atom stereocenters. The summed E-state index contributed by atoms with van der Waals surface area (Å²) < 4.78 is 26.6. The van der Waals surface area contributed by atoms with Crippen LogP contribution in [0.5, 0.6) is 0 Å². The minimum atomic E-state index is -0.902. The third kappa shape index (κ3) is 6.25. The summed E-state index contributed by atoms with van der Waals surface area (Å²) in [5.41, 5.74) is 2.60. The van der Waals surface area contributed by atoms with Gasteiger partial charge >= 0.3 is 0 Å². The van der Waals surface area contributed by atoms with E-state index in [9.17, 15) is 18.7 Å². The number of rotatable bonds is 9. The molecule has 2 rings (SSSR count). The van der Waals surface area contributed by atoms with Crippen LogP contribution in [0.2, 0.25) is 0 Å². The first-order chi connectivity index (χ1) is 12.0. The molecule has 2 aromatic carbocycles. The van der Waals surface area contributed by atoms with Gasteiger partial charge in [0.15, 0.2) is 0 Å². The number of benzene rings is 2. The molecule has 134 valence electrons. The number of aryl methyl sites for hydroxylation is 1. The summed E-state index contributed by atoms with van der Waals surface area (Å²) in [4.78, 5) is 10.8. The van der Waals surface area contributed by atoms with E-state index in [1.165, 1.54) is 12.1 Å². The number of carbonyl (C=O) groups excluding carboxylic acids is 1. The van der Waals surface area contributed by atoms with Crippen molar-refractivity contribution in [2.45, 2.75) is 32.0 Å². The van der Waals surface area contributed by atoms with Gasteiger partial charge < -0.3 is 15.7 Å². The van der Waals surface area contributed by atoms with E-state index in [-0.39, 0.29) is 13.0 Å². The number of aliphatic hydroxyl groups is 1. The Morgan fingerprint density at radius 2 is 1.84 bits per heavy atom. The predicted molar refractivity (Wildman–Crippen MR) is 91.9 cm³/mol. The van der Waals surface area contributed by atoms with Crippen LogP contribution in [0.4, 0.5) is 8.78 Å². The lowest BCUT2D eigenvalue weighted by atomic mass is 10.0. The molecule has 3 N–H and O–H groups in total. The Hall–Kier alpha value is -2.31. The fraction of sp³-hybridized carbons (Fsp3) is 0.316. The van der Waals surface area contributed by atoms with Gasteiger partial charge in [-0.2, -0.15) is 0 Å².